The van der Waals surface area contributed by atoms with Gasteiger partial charge in [0.2, 0.25) is 5.91 Å². The number of phenols is 2. The molecule has 0 bridgehead atoms. The van der Waals surface area contributed by atoms with E-state index in [4.69, 9.17) is 11.6 Å². The molecule has 27 heavy (non-hydrogen) atoms. The molecular formula is C20H17ClN2O3S. The molecule has 4 rings (SSSR count). The van der Waals surface area contributed by atoms with Crippen molar-refractivity contribution in [3.05, 3.63) is 69.7 Å². The molecule has 0 atom stereocenters. The normalized spacial score (nSPS) is 14.7. The molecule has 2 aromatic carbocycles. The molecule has 1 heterocycles. The number of thiazole rings is 1. The number of phenolic OH excluding ortho intramolecular Hbond substituents is 2. The van der Waals surface area contributed by atoms with E-state index >= 15 is 0 Å². The first-order chi connectivity index (χ1) is 13.0. The first kappa shape index (κ1) is 17.8. The summed E-state index contributed by atoms with van der Waals surface area (Å²) in [5.41, 5.74) is 1.04. The topological polar surface area (TPSA) is 82.5 Å². The molecule has 7 heteroatoms. The zero-order valence-electron chi connectivity index (χ0n) is 14.3. The van der Waals surface area contributed by atoms with E-state index in [0.29, 0.717) is 35.0 Å². The summed E-state index contributed by atoms with van der Waals surface area (Å²) in [5.74, 6) is -0.562. The highest BCUT2D eigenvalue weighted by molar-refractivity contribution is 7.15. The number of aromatic hydroxyl groups is 2. The minimum atomic E-state index is -0.667. The van der Waals surface area contributed by atoms with Gasteiger partial charge in [-0.25, -0.2) is 4.98 Å². The largest absolute Gasteiger partial charge is 0.504 e. The number of benzene rings is 2. The van der Waals surface area contributed by atoms with Gasteiger partial charge in [-0.1, -0.05) is 35.9 Å². The van der Waals surface area contributed by atoms with Gasteiger partial charge in [-0.05, 0) is 42.2 Å². The minimum Gasteiger partial charge on any atom is -0.504 e. The Morgan fingerprint density at radius 2 is 1.96 bits per heavy atom. The Balaban J connectivity index is 1.48. The average molecular weight is 401 g/mol. The summed E-state index contributed by atoms with van der Waals surface area (Å²) in [6, 6.07) is 12.2. The summed E-state index contributed by atoms with van der Waals surface area (Å²) in [5, 5.41) is 23.3. The van der Waals surface area contributed by atoms with Gasteiger partial charge >= 0.3 is 0 Å². The zero-order chi connectivity index (χ0) is 19.0. The van der Waals surface area contributed by atoms with Crippen LogP contribution in [0.1, 0.15) is 28.8 Å². The van der Waals surface area contributed by atoms with Gasteiger partial charge in [-0.2, -0.15) is 0 Å². The van der Waals surface area contributed by atoms with Crippen molar-refractivity contribution in [2.24, 2.45) is 0 Å². The standard InChI is InChI=1S/C20H17ClN2O3S/c21-15-4-2-1-3-12(15)9-14-11-22-19(27-14)23-18(26)20(7-8-20)13-5-6-16(24)17(25)10-13/h1-6,10-11,24-25H,7-9H2,(H,22,23,26). The lowest BCUT2D eigenvalue weighted by Crippen LogP contribution is -2.27. The molecule has 138 valence electrons. The quantitative estimate of drug-likeness (QED) is 0.552. The van der Waals surface area contributed by atoms with E-state index in [1.165, 1.54) is 23.5 Å². The van der Waals surface area contributed by atoms with E-state index in [0.717, 1.165) is 10.4 Å². The maximum atomic E-state index is 12.8. The summed E-state index contributed by atoms with van der Waals surface area (Å²) in [6.45, 7) is 0. The molecule has 3 aromatic rings. The molecule has 0 unspecified atom stereocenters. The lowest BCUT2D eigenvalue weighted by atomic mass is 9.94. The lowest BCUT2D eigenvalue weighted by Gasteiger charge is -2.15. The van der Waals surface area contributed by atoms with Crippen molar-refractivity contribution in [1.29, 1.82) is 0 Å². The molecule has 1 amide bonds. The van der Waals surface area contributed by atoms with Gasteiger partial charge in [-0.15, -0.1) is 11.3 Å². The number of nitrogens with zero attached hydrogens (tertiary/aromatic N) is 1. The second-order valence-corrected chi connectivity index (χ2v) is 8.16. The second kappa shape index (κ2) is 6.87. The first-order valence-electron chi connectivity index (χ1n) is 8.50. The van der Waals surface area contributed by atoms with Crippen LogP contribution in [0.15, 0.2) is 48.7 Å². The third-order valence-corrected chi connectivity index (χ3v) is 6.09. The number of carbonyl (C=O) groups is 1. The van der Waals surface area contributed by atoms with Crippen molar-refractivity contribution in [3.8, 4) is 11.5 Å². The third kappa shape index (κ3) is 3.50. The van der Waals surface area contributed by atoms with Crippen molar-refractivity contribution < 1.29 is 15.0 Å². The Morgan fingerprint density at radius 3 is 2.67 bits per heavy atom. The highest BCUT2D eigenvalue weighted by Gasteiger charge is 2.51. The lowest BCUT2D eigenvalue weighted by molar-refractivity contribution is -0.118. The molecule has 1 fully saturated rings. The van der Waals surface area contributed by atoms with Gasteiger partial charge in [0.1, 0.15) is 0 Å². The molecule has 1 aromatic heterocycles. The highest BCUT2D eigenvalue weighted by Crippen LogP contribution is 2.50. The maximum absolute atomic E-state index is 12.8. The van der Waals surface area contributed by atoms with Gasteiger partial charge < -0.3 is 15.5 Å². The van der Waals surface area contributed by atoms with Crippen molar-refractivity contribution >= 4 is 34.0 Å². The van der Waals surface area contributed by atoms with Gasteiger partial charge in [-0.3, -0.25) is 4.79 Å². The molecule has 5 nitrogen and oxygen atoms in total. The number of hydrogen-bond acceptors (Lipinski definition) is 5. The number of amides is 1. The summed E-state index contributed by atoms with van der Waals surface area (Å²) < 4.78 is 0. The van der Waals surface area contributed by atoms with Crippen molar-refractivity contribution in [1.82, 2.24) is 4.98 Å². The monoisotopic (exact) mass is 400 g/mol. The van der Waals surface area contributed by atoms with E-state index in [2.05, 4.69) is 10.3 Å². The van der Waals surface area contributed by atoms with Crippen LogP contribution in [-0.4, -0.2) is 21.1 Å². The average Bonchev–Trinajstić information content (AvgIpc) is 3.35. The molecule has 1 aliphatic rings. The van der Waals surface area contributed by atoms with E-state index in [-0.39, 0.29) is 17.4 Å². The molecular weight excluding hydrogens is 384 g/mol. The Morgan fingerprint density at radius 1 is 1.19 bits per heavy atom. The molecule has 0 saturated heterocycles. The molecule has 1 aliphatic carbocycles. The summed E-state index contributed by atoms with van der Waals surface area (Å²) >= 11 is 7.62. The van der Waals surface area contributed by atoms with Crippen LogP contribution in [0.3, 0.4) is 0 Å². The Hall–Kier alpha value is -2.57. The number of aromatic nitrogens is 1. The van der Waals surface area contributed by atoms with Gasteiger partial charge in [0.25, 0.3) is 0 Å². The Labute approximate surface area is 165 Å². The number of nitrogens with one attached hydrogen (secondary N) is 1. The number of carbonyl (C=O) groups excluding carboxylic acids is 1. The summed E-state index contributed by atoms with van der Waals surface area (Å²) in [7, 11) is 0. The van der Waals surface area contributed by atoms with Crippen LogP contribution in [0.5, 0.6) is 11.5 Å². The van der Waals surface area contributed by atoms with Crippen LogP contribution in [0, 0.1) is 0 Å². The number of halogens is 1. The molecule has 0 spiro atoms. The van der Waals surface area contributed by atoms with Gasteiger partial charge in [0, 0.05) is 22.5 Å². The summed E-state index contributed by atoms with van der Waals surface area (Å²) in [6.07, 6.45) is 3.79. The molecule has 0 radical (unpaired) electrons. The zero-order valence-corrected chi connectivity index (χ0v) is 15.8. The van der Waals surface area contributed by atoms with E-state index in [1.54, 1.807) is 12.3 Å². The number of anilines is 1. The predicted octanol–water partition coefficient (Wildman–Crippen LogP) is 4.47. The van der Waals surface area contributed by atoms with Crippen molar-refractivity contribution in [2.75, 3.05) is 5.32 Å². The van der Waals surface area contributed by atoms with Crippen LogP contribution in [-0.2, 0) is 16.6 Å². The fraction of sp³-hybridized carbons (Fsp3) is 0.200. The van der Waals surface area contributed by atoms with E-state index < -0.39 is 5.41 Å². The second-order valence-electron chi connectivity index (χ2n) is 6.64. The van der Waals surface area contributed by atoms with Crippen LogP contribution in [0.4, 0.5) is 5.13 Å². The fourth-order valence-corrected chi connectivity index (χ4v) is 4.12. The van der Waals surface area contributed by atoms with Crippen molar-refractivity contribution in [2.45, 2.75) is 24.7 Å². The Bertz CT molecular complexity index is 1010. The number of rotatable bonds is 5. The number of hydrogen-bond donors (Lipinski definition) is 3. The van der Waals surface area contributed by atoms with Crippen LogP contribution in [0.2, 0.25) is 5.02 Å². The Kier molecular flexibility index (Phi) is 4.53. The molecule has 1 saturated carbocycles. The van der Waals surface area contributed by atoms with Gasteiger partial charge in [0.15, 0.2) is 16.6 Å². The smallest absolute Gasteiger partial charge is 0.236 e. The van der Waals surface area contributed by atoms with Crippen molar-refractivity contribution in [3.63, 3.8) is 0 Å². The van der Waals surface area contributed by atoms with Crippen LogP contribution < -0.4 is 5.32 Å². The first-order valence-corrected chi connectivity index (χ1v) is 9.69. The SMILES string of the molecule is O=C(Nc1ncc(Cc2ccccc2Cl)s1)C1(c2ccc(O)c(O)c2)CC1. The van der Waals surface area contributed by atoms with Gasteiger partial charge in [0.05, 0.1) is 5.41 Å². The maximum Gasteiger partial charge on any atom is 0.236 e. The third-order valence-electron chi connectivity index (χ3n) is 4.81. The van der Waals surface area contributed by atoms with Crippen LogP contribution >= 0.6 is 22.9 Å². The van der Waals surface area contributed by atoms with E-state index in [9.17, 15) is 15.0 Å². The fourth-order valence-electron chi connectivity index (χ4n) is 3.09. The molecule has 3 N–H and O–H groups in total. The highest BCUT2D eigenvalue weighted by atomic mass is 35.5. The van der Waals surface area contributed by atoms with Crippen LogP contribution in [0.25, 0.3) is 0 Å². The summed E-state index contributed by atoms with van der Waals surface area (Å²) in [4.78, 5) is 18.1. The predicted molar refractivity (Wildman–Crippen MR) is 106 cm³/mol. The molecule has 0 aliphatic heterocycles. The minimum absolute atomic E-state index is 0.147. The van der Waals surface area contributed by atoms with E-state index in [1.807, 2.05) is 24.3 Å².